The van der Waals surface area contributed by atoms with Gasteiger partial charge in [-0.05, 0) is 37.3 Å². The van der Waals surface area contributed by atoms with Gasteiger partial charge in [0.25, 0.3) is 5.56 Å². The molecular weight excluding hydrogens is 534 g/mol. The van der Waals surface area contributed by atoms with E-state index in [9.17, 15) is 9.59 Å². The van der Waals surface area contributed by atoms with Crippen molar-refractivity contribution in [2.24, 2.45) is 15.1 Å². The maximum Gasteiger partial charge on any atom is 0.264 e. The molecule has 2 aliphatic rings. The van der Waals surface area contributed by atoms with Gasteiger partial charge in [-0.1, -0.05) is 48.8 Å². The molecule has 0 spiro atoms. The molecule has 11 nitrogen and oxygen atoms in total. The highest BCUT2D eigenvalue weighted by atomic mass is 16.6. The molecule has 1 unspecified atom stereocenters. The van der Waals surface area contributed by atoms with Crippen LogP contribution in [0, 0.1) is 0 Å². The largest absolute Gasteiger partial charge is 0.397 e. The number of amidine groups is 1. The average molecular weight is 570 g/mol. The monoisotopic (exact) mass is 569 g/mol. The second kappa shape index (κ2) is 13.4. The van der Waals surface area contributed by atoms with Gasteiger partial charge in [0.1, 0.15) is 19.0 Å². The van der Waals surface area contributed by atoms with Gasteiger partial charge in [-0.15, -0.1) is 0 Å². The lowest BCUT2D eigenvalue weighted by atomic mass is 10.00. The predicted octanol–water partition coefficient (Wildman–Crippen LogP) is 3.47. The summed E-state index contributed by atoms with van der Waals surface area (Å²) in [6.45, 7) is 2.54. The highest BCUT2D eigenvalue weighted by Crippen LogP contribution is 2.39. The van der Waals surface area contributed by atoms with Crippen LogP contribution in [0.2, 0.25) is 0 Å². The van der Waals surface area contributed by atoms with Crippen molar-refractivity contribution < 1.29 is 14.4 Å². The van der Waals surface area contributed by atoms with E-state index in [2.05, 4.69) is 27.4 Å². The van der Waals surface area contributed by atoms with E-state index in [4.69, 9.17) is 19.5 Å². The molecule has 1 saturated carbocycles. The quantitative estimate of drug-likeness (QED) is 0.163. The number of aromatic nitrogens is 3. The van der Waals surface area contributed by atoms with Gasteiger partial charge in [0.05, 0.1) is 17.9 Å². The van der Waals surface area contributed by atoms with Gasteiger partial charge >= 0.3 is 0 Å². The van der Waals surface area contributed by atoms with Crippen LogP contribution in [0.5, 0.6) is 0 Å². The van der Waals surface area contributed by atoms with Crippen LogP contribution in [0.15, 0.2) is 62.5 Å². The Morgan fingerprint density at radius 3 is 2.67 bits per heavy atom. The van der Waals surface area contributed by atoms with Crippen LogP contribution in [0.4, 0.5) is 0 Å². The third-order valence-corrected chi connectivity index (χ3v) is 7.31. The first-order valence-electron chi connectivity index (χ1n) is 14.2. The van der Waals surface area contributed by atoms with Gasteiger partial charge in [0.2, 0.25) is 12.4 Å². The number of aliphatic imine (C=N–C) groups is 2. The summed E-state index contributed by atoms with van der Waals surface area (Å²) in [5, 5.41) is 6.53. The van der Waals surface area contributed by atoms with Gasteiger partial charge in [-0.2, -0.15) is 0 Å². The molecule has 1 N–H and O–H groups in total. The minimum atomic E-state index is -0.203. The lowest BCUT2D eigenvalue weighted by Crippen LogP contribution is -2.37. The molecule has 0 radical (unpaired) electrons. The Bertz CT molecular complexity index is 1570. The molecule has 1 aromatic carbocycles. The Morgan fingerprint density at radius 1 is 1.19 bits per heavy atom. The molecule has 42 heavy (non-hydrogen) atoms. The summed E-state index contributed by atoms with van der Waals surface area (Å²) in [6, 6.07) is 11.3. The van der Waals surface area contributed by atoms with Crippen LogP contribution < -0.4 is 10.9 Å². The maximum absolute atomic E-state index is 14.1. The number of oxime groups is 1. The number of unbranched alkanes of at least 4 members (excludes halogenated alkanes) is 1. The second-order valence-corrected chi connectivity index (χ2v) is 10.3. The third-order valence-electron chi connectivity index (χ3n) is 7.31. The number of pyridine rings is 1. The van der Waals surface area contributed by atoms with Crippen LogP contribution >= 0.6 is 0 Å². The van der Waals surface area contributed by atoms with Crippen LogP contribution in [0.25, 0.3) is 11.3 Å². The Labute approximate surface area is 244 Å². The standard InChI is InChI=1S/C31H35N7O4/c1-4-5-10-27-25(30(40)38(29(36-27)21-12-13-21)31-33-17-22(41-2)18-34-31)15-20-11-14-26(32-16-20)23-8-6-7-9-24(23)28(35-19-39)37-42-3/h6-9,11,14,16-17,19,21-22H,4-5,10,12-13,15,18H2,1-3H3,(H,35,37,39). The number of benzene rings is 1. The summed E-state index contributed by atoms with van der Waals surface area (Å²) in [5.41, 5.74) is 4.36. The van der Waals surface area contributed by atoms with E-state index < -0.39 is 0 Å². The van der Waals surface area contributed by atoms with Crippen molar-refractivity contribution in [1.82, 2.24) is 19.9 Å². The number of amides is 1. The first kappa shape index (κ1) is 29.0. The summed E-state index contributed by atoms with van der Waals surface area (Å²) in [6.07, 6.45) is 8.88. The Hall–Kier alpha value is -4.51. The number of methoxy groups -OCH3 is 1. The molecule has 218 valence electrons. The number of rotatable bonds is 11. The third kappa shape index (κ3) is 6.36. The predicted molar refractivity (Wildman–Crippen MR) is 161 cm³/mol. The molecule has 3 heterocycles. The SMILES string of the molecule is CCCCc1nc(C2CC2)n(C2=NCC(OC)C=N2)c(=O)c1Cc1ccc(-c2ccccc2/C(=N/OC)NC=O)nc1. The number of hydrogen-bond acceptors (Lipinski definition) is 9. The molecule has 1 amide bonds. The number of aryl methyl sites for hydroxylation is 1. The smallest absolute Gasteiger partial charge is 0.264 e. The lowest BCUT2D eigenvalue weighted by molar-refractivity contribution is -0.108. The van der Waals surface area contributed by atoms with E-state index in [0.717, 1.165) is 54.7 Å². The van der Waals surface area contributed by atoms with Crippen molar-refractivity contribution in [1.29, 1.82) is 0 Å². The summed E-state index contributed by atoms with van der Waals surface area (Å²) in [4.78, 5) is 49.1. The van der Waals surface area contributed by atoms with Crippen molar-refractivity contribution in [3.63, 3.8) is 0 Å². The normalized spacial score (nSPS) is 16.7. The van der Waals surface area contributed by atoms with Crippen LogP contribution in [0.3, 0.4) is 0 Å². The Kier molecular flexibility index (Phi) is 9.28. The highest BCUT2D eigenvalue weighted by Gasteiger charge is 2.32. The number of ether oxygens (including phenoxy) is 1. The average Bonchev–Trinajstić information content (AvgIpc) is 3.87. The zero-order chi connectivity index (χ0) is 29.5. The van der Waals surface area contributed by atoms with E-state index in [-0.39, 0.29) is 23.4 Å². The summed E-state index contributed by atoms with van der Waals surface area (Å²) >= 11 is 0. The molecule has 11 heteroatoms. The van der Waals surface area contributed by atoms with Gasteiger partial charge < -0.3 is 14.9 Å². The minimum absolute atomic E-state index is 0.125. The minimum Gasteiger partial charge on any atom is -0.397 e. The fourth-order valence-corrected chi connectivity index (χ4v) is 4.93. The van der Waals surface area contributed by atoms with Crippen molar-refractivity contribution in [3.05, 3.63) is 81.2 Å². The zero-order valence-electron chi connectivity index (χ0n) is 24.1. The van der Waals surface area contributed by atoms with Crippen LogP contribution in [0.1, 0.15) is 66.7 Å². The number of nitrogens with zero attached hydrogens (tertiary/aromatic N) is 6. The van der Waals surface area contributed by atoms with Gasteiger partial charge in [0, 0.05) is 48.6 Å². The number of carbonyl (C=O) groups excluding carboxylic acids is 1. The Balaban J connectivity index is 1.51. The van der Waals surface area contributed by atoms with Crippen LogP contribution in [-0.4, -0.2) is 65.8 Å². The molecule has 1 aliphatic carbocycles. The van der Waals surface area contributed by atoms with Crippen molar-refractivity contribution in [3.8, 4) is 11.3 Å². The number of hydrogen-bond donors (Lipinski definition) is 1. The maximum atomic E-state index is 14.1. The Morgan fingerprint density at radius 2 is 2.02 bits per heavy atom. The fraction of sp³-hybridized carbons (Fsp3) is 0.387. The fourth-order valence-electron chi connectivity index (χ4n) is 4.93. The topological polar surface area (TPSA) is 132 Å². The van der Waals surface area contributed by atoms with E-state index in [1.54, 1.807) is 24.1 Å². The molecular formula is C31H35N7O4. The van der Waals surface area contributed by atoms with E-state index in [1.807, 2.05) is 36.4 Å². The summed E-state index contributed by atoms with van der Waals surface area (Å²) in [7, 11) is 3.04. The first-order chi connectivity index (χ1) is 20.6. The van der Waals surface area contributed by atoms with Crippen LogP contribution in [-0.2, 0) is 27.2 Å². The van der Waals surface area contributed by atoms with Gasteiger partial charge in [-0.3, -0.25) is 14.6 Å². The molecule has 1 atom stereocenters. The first-order valence-corrected chi connectivity index (χ1v) is 14.2. The van der Waals surface area contributed by atoms with E-state index in [1.165, 1.54) is 7.11 Å². The van der Waals surface area contributed by atoms with Crippen molar-refractivity contribution >= 4 is 24.4 Å². The molecule has 0 bridgehead atoms. The molecule has 2 aromatic heterocycles. The summed E-state index contributed by atoms with van der Waals surface area (Å²) in [5.74, 6) is 1.64. The summed E-state index contributed by atoms with van der Waals surface area (Å²) < 4.78 is 6.96. The molecule has 0 saturated heterocycles. The van der Waals surface area contributed by atoms with E-state index >= 15 is 0 Å². The molecule has 1 fully saturated rings. The second-order valence-electron chi connectivity index (χ2n) is 10.3. The van der Waals surface area contributed by atoms with Gasteiger partial charge in [-0.25, -0.2) is 19.5 Å². The van der Waals surface area contributed by atoms with Crippen molar-refractivity contribution in [2.45, 2.75) is 57.5 Å². The van der Waals surface area contributed by atoms with E-state index in [0.29, 0.717) is 42.2 Å². The molecule has 1 aliphatic heterocycles. The zero-order valence-corrected chi connectivity index (χ0v) is 24.1. The lowest BCUT2D eigenvalue weighted by Gasteiger charge is -2.19. The number of nitrogens with one attached hydrogen (secondary N) is 1. The molecule has 3 aromatic rings. The van der Waals surface area contributed by atoms with Gasteiger partial charge in [0.15, 0.2) is 5.84 Å². The molecule has 5 rings (SSSR count). The number of carbonyl (C=O) groups is 1. The van der Waals surface area contributed by atoms with Crippen molar-refractivity contribution in [2.75, 3.05) is 20.8 Å². The highest BCUT2D eigenvalue weighted by molar-refractivity contribution is 6.07.